The summed E-state index contributed by atoms with van der Waals surface area (Å²) in [5.41, 5.74) is -0.720. The van der Waals surface area contributed by atoms with Gasteiger partial charge in [0.05, 0.1) is 7.11 Å². The number of carbonyl (C=O) groups is 3. The maximum Gasteiger partial charge on any atom is 0.408 e. The molecule has 1 heterocycles. The van der Waals surface area contributed by atoms with Gasteiger partial charge in [-0.05, 0) is 46.5 Å². The molecule has 1 aliphatic heterocycles. The standard InChI is InChI=1S/C15H24N2O5/c1-14(2,3)22-13(20)16-10(12(19)21-4)7-9-8-15(5-6-15)17-11(9)18/h9-10H,5-8H2,1-4H3,(H,16,20)(H,17,18)/t9-,10+/m0/s1. The van der Waals surface area contributed by atoms with Crippen LogP contribution in [0.15, 0.2) is 0 Å². The Bertz CT molecular complexity index is 479. The molecule has 2 fully saturated rings. The first kappa shape index (κ1) is 16.6. The summed E-state index contributed by atoms with van der Waals surface area (Å²) < 4.78 is 9.86. The van der Waals surface area contributed by atoms with Gasteiger partial charge < -0.3 is 20.1 Å². The van der Waals surface area contributed by atoms with Crippen LogP contribution in [0.25, 0.3) is 0 Å². The fourth-order valence-electron chi connectivity index (χ4n) is 2.74. The van der Waals surface area contributed by atoms with Crippen LogP contribution in [0.4, 0.5) is 4.79 Å². The van der Waals surface area contributed by atoms with Crippen LogP contribution in [0.1, 0.15) is 46.5 Å². The summed E-state index contributed by atoms with van der Waals surface area (Å²) in [7, 11) is 1.25. The number of rotatable bonds is 4. The molecule has 22 heavy (non-hydrogen) atoms. The number of alkyl carbamates (subject to hydrolysis) is 1. The number of esters is 1. The van der Waals surface area contributed by atoms with Gasteiger partial charge in [0, 0.05) is 11.5 Å². The topological polar surface area (TPSA) is 93.7 Å². The van der Waals surface area contributed by atoms with Crippen molar-refractivity contribution >= 4 is 18.0 Å². The van der Waals surface area contributed by atoms with Crippen molar-refractivity contribution in [3.8, 4) is 0 Å². The van der Waals surface area contributed by atoms with E-state index < -0.39 is 23.7 Å². The van der Waals surface area contributed by atoms with Gasteiger partial charge in [-0.15, -0.1) is 0 Å². The predicted octanol–water partition coefficient (Wildman–Crippen LogP) is 1.11. The SMILES string of the molecule is COC(=O)[C@@H](C[C@H]1CC2(CC2)NC1=O)NC(=O)OC(C)(C)C. The monoisotopic (exact) mass is 312 g/mol. The summed E-state index contributed by atoms with van der Waals surface area (Å²) in [6, 6.07) is -0.885. The summed E-state index contributed by atoms with van der Waals surface area (Å²) in [6.07, 6.45) is 2.20. The van der Waals surface area contributed by atoms with Crippen molar-refractivity contribution in [2.75, 3.05) is 7.11 Å². The van der Waals surface area contributed by atoms with Gasteiger partial charge in [0.1, 0.15) is 11.6 Å². The number of ether oxygens (including phenoxy) is 2. The lowest BCUT2D eigenvalue weighted by Crippen LogP contribution is -2.45. The second-order valence-corrected chi connectivity index (χ2v) is 7.13. The zero-order chi connectivity index (χ0) is 16.5. The lowest BCUT2D eigenvalue weighted by Gasteiger charge is -2.23. The van der Waals surface area contributed by atoms with E-state index >= 15 is 0 Å². The Hall–Kier alpha value is -1.79. The van der Waals surface area contributed by atoms with Crippen molar-refractivity contribution in [1.82, 2.24) is 10.6 Å². The number of methoxy groups -OCH3 is 1. The molecule has 2 amide bonds. The minimum atomic E-state index is -0.885. The molecular formula is C15H24N2O5. The molecule has 2 rings (SSSR count). The number of amides is 2. The quantitative estimate of drug-likeness (QED) is 0.759. The lowest BCUT2D eigenvalue weighted by atomic mass is 9.95. The van der Waals surface area contributed by atoms with E-state index in [1.807, 2.05) is 0 Å². The summed E-state index contributed by atoms with van der Waals surface area (Å²) in [5, 5.41) is 5.48. The Morgan fingerprint density at radius 2 is 2.05 bits per heavy atom. The summed E-state index contributed by atoms with van der Waals surface area (Å²) in [4.78, 5) is 35.7. The molecular weight excluding hydrogens is 288 g/mol. The third kappa shape index (κ3) is 4.11. The largest absolute Gasteiger partial charge is 0.467 e. The Balaban J connectivity index is 1.96. The Labute approximate surface area is 130 Å². The van der Waals surface area contributed by atoms with E-state index in [9.17, 15) is 14.4 Å². The van der Waals surface area contributed by atoms with Crippen molar-refractivity contribution in [1.29, 1.82) is 0 Å². The lowest BCUT2D eigenvalue weighted by molar-refractivity contribution is -0.143. The predicted molar refractivity (Wildman–Crippen MR) is 78.0 cm³/mol. The summed E-state index contributed by atoms with van der Waals surface area (Å²) in [5.74, 6) is -0.922. The molecule has 1 aliphatic carbocycles. The van der Waals surface area contributed by atoms with Crippen LogP contribution in [-0.2, 0) is 19.1 Å². The van der Waals surface area contributed by atoms with E-state index in [-0.39, 0.29) is 23.8 Å². The van der Waals surface area contributed by atoms with E-state index in [0.29, 0.717) is 6.42 Å². The Kier molecular flexibility index (Phi) is 4.35. The maximum absolute atomic E-state index is 12.0. The van der Waals surface area contributed by atoms with Crippen LogP contribution in [0.2, 0.25) is 0 Å². The molecule has 1 saturated heterocycles. The van der Waals surface area contributed by atoms with Crippen molar-refractivity contribution in [3.63, 3.8) is 0 Å². The first-order chi connectivity index (χ1) is 10.1. The van der Waals surface area contributed by atoms with E-state index in [4.69, 9.17) is 9.47 Å². The molecule has 0 radical (unpaired) electrons. The van der Waals surface area contributed by atoms with Gasteiger partial charge in [-0.25, -0.2) is 9.59 Å². The average Bonchev–Trinajstić information content (AvgIpc) is 3.05. The zero-order valence-electron chi connectivity index (χ0n) is 13.5. The normalized spacial score (nSPS) is 23.6. The average molecular weight is 312 g/mol. The van der Waals surface area contributed by atoms with Gasteiger partial charge >= 0.3 is 12.1 Å². The van der Waals surface area contributed by atoms with Gasteiger partial charge in [0.2, 0.25) is 5.91 Å². The van der Waals surface area contributed by atoms with Crippen molar-refractivity contribution in [2.24, 2.45) is 5.92 Å². The van der Waals surface area contributed by atoms with Crippen LogP contribution in [-0.4, -0.2) is 42.3 Å². The second-order valence-electron chi connectivity index (χ2n) is 7.13. The molecule has 2 atom stereocenters. The first-order valence-corrected chi connectivity index (χ1v) is 7.53. The fraction of sp³-hybridized carbons (Fsp3) is 0.800. The molecule has 124 valence electrons. The number of nitrogens with one attached hydrogen (secondary N) is 2. The molecule has 0 bridgehead atoms. The smallest absolute Gasteiger partial charge is 0.408 e. The van der Waals surface area contributed by atoms with Crippen LogP contribution in [0.5, 0.6) is 0 Å². The highest BCUT2D eigenvalue weighted by Crippen LogP contribution is 2.46. The van der Waals surface area contributed by atoms with Crippen molar-refractivity contribution < 1.29 is 23.9 Å². The highest BCUT2D eigenvalue weighted by Gasteiger charge is 2.52. The van der Waals surface area contributed by atoms with E-state index in [0.717, 1.165) is 12.8 Å². The third-order valence-corrected chi connectivity index (χ3v) is 3.95. The van der Waals surface area contributed by atoms with Gasteiger partial charge in [0.15, 0.2) is 0 Å². The van der Waals surface area contributed by atoms with E-state index in [1.54, 1.807) is 20.8 Å². The van der Waals surface area contributed by atoms with E-state index in [2.05, 4.69) is 10.6 Å². The minimum Gasteiger partial charge on any atom is -0.467 e. The minimum absolute atomic E-state index is 0.0580. The molecule has 0 aromatic rings. The fourth-order valence-corrected chi connectivity index (χ4v) is 2.74. The van der Waals surface area contributed by atoms with Gasteiger partial charge in [-0.3, -0.25) is 4.79 Å². The molecule has 0 aromatic carbocycles. The molecule has 1 saturated carbocycles. The molecule has 2 N–H and O–H groups in total. The number of carbonyl (C=O) groups excluding carboxylic acids is 3. The van der Waals surface area contributed by atoms with Crippen LogP contribution >= 0.6 is 0 Å². The molecule has 7 nitrogen and oxygen atoms in total. The number of hydrogen-bond donors (Lipinski definition) is 2. The van der Waals surface area contributed by atoms with E-state index in [1.165, 1.54) is 7.11 Å². The summed E-state index contributed by atoms with van der Waals surface area (Å²) in [6.45, 7) is 5.21. The van der Waals surface area contributed by atoms with Gasteiger partial charge in [0.25, 0.3) is 0 Å². The Morgan fingerprint density at radius 3 is 2.50 bits per heavy atom. The van der Waals surface area contributed by atoms with Crippen molar-refractivity contribution in [3.05, 3.63) is 0 Å². The highest BCUT2D eigenvalue weighted by atomic mass is 16.6. The molecule has 0 aromatic heterocycles. The molecule has 2 aliphatic rings. The maximum atomic E-state index is 12.0. The molecule has 1 spiro atoms. The first-order valence-electron chi connectivity index (χ1n) is 7.53. The van der Waals surface area contributed by atoms with Crippen LogP contribution in [0.3, 0.4) is 0 Å². The third-order valence-electron chi connectivity index (χ3n) is 3.95. The summed E-state index contributed by atoms with van der Waals surface area (Å²) >= 11 is 0. The molecule has 0 unspecified atom stereocenters. The molecule has 7 heteroatoms. The van der Waals surface area contributed by atoms with Crippen molar-refractivity contribution in [2.45, 2.75) is 63.6 Å². The van der Waals surface area contributed by atoms with Gasteiger partial charge in [-0.1, -0.05) is 0 Å². The zero-order valence-corrected chi connectivity index (χ0v) is 13.5. The highest BCUT2D eigenvalue weighted by molar-refractivity contribution is 5.85. The van der Waals surface area contributed by atoms with Crippen LogP contribution in [0, 0.1) is 5.92 Å². The van der Waals surface area contributed by atoms with Crippen LogP contribution < -0.4 is 10.6 Å². The number of hydrogen-bond acceptors (Lipinski definition) is 5. The Morgan fingerprint density at radius 1 is 1.41 bits per heavy atom. The second kappa shape index (κ2) is 5.78. The van der Waals surface area contributed by atoms with Gasteiger partial charge in [-0.2, -0.15) is 0 Å².